The minimum Gasteiger partial charge on any atom is -0.511 e. The van der Waals surface area contributed by atoms with Crippen molar-refractivity contribution in [3.63, 3.8) is 0 Å². The fourth-order valence-corrected chi connectivity index (χ4v) is 7.50. The van der Waals surface area contributed by atoms with Gasteiger partial charge in [-0.15, -0.1) is 4.40 Å². The Labute approximate surface area is 196 Å². The number of aromatic nitrogens is 1. The lowest BCUT2D eigenvalue weighted by molar-refractivity contribution is -0.141. The molecule has 2 saturated carbocycles. The van der Waals surface area contributed by atoms with E-state index in [1.165, 1.54) is 30.5 Å². The van der Waals surface area contributed by atoms with Gasteiger partial charge in [-0.2, -0.15) is 8.42 Å². The first-order valence-corrected chi connectivity index (χ1v) is 12.7. The van der Waals surface area contributed by atoms with Gasteiger partial charge in [0.15, 0.2) is 11.7 Å². The Morgan fingerprint density at radius 3 is 2.76 bits per heavy atom. The average Bonchev–Trinajstić information content (AvgIpc) is 3.38. The molecule has 34 heavy (non-hydrogen) atoms. The van der Waals surface area contributed by atoms with Crippen molar-refractivity contribution in [2.75, 3.05) is 5.32 Å². The van der Waals surface area contributed by atoms with Crippen LogP contribution in [0.1, 0.15) is 31.7 Å². The van der Waals surface area contributed by atoms with Crippen molar-refractivity contribution in [1.82, 2.24) is 9.88 Å². The average molecular weight is 483 g/mol. The van der Waals surface area contributed by atoms with Crippen molar-refractivity contribution in [2.24, 2.45) is 22.2 Å². The number of benzene rings is 1. The van der Waals surface area contributed by atoms with Crippen LogP contribution < -0.4 is 5.32 Å². The zero-order chi connectivity index (χ0) is 23.8. The zero-order valence-corrected chi connectivity index (χ0v) is 19.2. The Kier molecular flexibility index (Phi) is 4.45. The third-order valence-electron chi connectivity index (χ3n) is 7.98. The maximum Gasteiger partial charge on any atom is 0.287 e. The third kappa shape index (κ3) is 2.87. The third-order valence-corrected chi connectivity index (χ3v) is 9.29. The predicted molar refractivity (Wildman–Crippen MR) is 122 cm³/mol. The van der Waals surface area contributed by atoms with Crippen LogP contribution in [-0.4, -0.2) is 40.7 Å². The molecular weight excluding hydrogens is 459 g/mol. The lowest BCUT2D eigenvalue weighted by Crippen LogP contribution is -2.61. The summed E-state index contributed by atoms with van der Waals surface area (Å²) >= 11 is 0. The van der Waals surface area contributed by atoms with Crippen LogP contribution in [0.2, 0.25) is 0 Å². The molecular formula is C24H23FN4O4S. The predicted octanol–water partition coefficient (Wildman–Crippen LogP) is 3.39. The molecule has 176 valence electrons. The van der Waals surface area contributed by atoms with Gasteiger partial charge in [-0.25, -0.2) is 9.37 Å². The van der Waals surface area contributed by atoms with Crippen LogP contribution in [0.4, 0.5) is 10.2 Å². The van der Waals surface area contributed by atoms with Crippen LogP contribution in [0.25, 0.3) is 0 Å². The van der Waals surface area contributed by atoms with E-state index in [1.54, 1.807) is 17.0 Å². The molecule has 1 aromatic carbocycles. The SMILES string of the molecule is C[C@]12[C@@H]3CC[C@@H](C3)[C@H]1C(O)=C(C1=NS(=O)(=O)c3cccnc3N1)C(=O)N2Cc1ccc(F)cc1. The van der Waals surface area contributed by atoms with Gasteiger partial charge in [0, 0.05) is 18.7 Å². The molecule has 4 atom stereocenters. The summed E-state index contributed by atoms with van der Waals surface area (Å²) < 4.78 is 43.0. The fraction of sp³-hybridized carbons (Fsp3) is 0.375. The summed E-state index contributed by atoms with van der Waals surface area (Å²) in [6.07, 6.45) is 4.21. The van der Waals surface area contributed by atoms with E-state index in [4.69, 9.17) is 0 Å². The number of pyridine rings is 1. The summed E-state index contributed by atoms with van der Waals surface area (Å²) in [5, 5.41) is 14.3. The first-order chi connectivity index (χ1) is 16.2. The second kappa shape index (κ2) is 7.11. The van der Waals surface area contributed by atoms with Gasteiger partial charge in [0.2, 0.25) is 0 Å². The Morgan fingerprint density at radius 2 is 2.00 bits per heavy atom. The molecule has 8 nitrogen and oxygen atoms in total. The number of hydrogen-bond acceptors (Lipinski definition) is 6. The number of carbonyl (C=O) groups is 1. The largest absolute Gasteiger partial charge is 0.511 e. The molecule has 4 aliphatic rings. The topological polar surface area (TPSA) is 112 Å². The van der Waals surface area contributed by atoms with Crippen molar-refractivity contribution >= 4 is 27.6 Å². The first-order valence-electron chi connectivity index (χ1n) is 11.3. The molecule has 2 N–H and O–H groups in total. The van der Waals surface area contributed by atoms with Crippen LogP contribution in [0.5, 0.6) is 0 Å². The van der Waals surface area contributed by atoms with Gasteiger partial charge in [-0.05, 0) is 67.9 Å². The number of hydrogen-bond donors (Lipinski definition) is 2. The zero-order valence-electron chi connectivity index (χ0n) is 18.4. The molecule has 1 aromatic heterocycles. The normalized spacial score (nSPS) is 31.1. The quantitative estimate of drug-likeness (QED) is 0.694. The standard InChI is InChI=1S/C24H23FN4O4S/c1-24-15-7-6-14(11-15)19(24)20(30)18(23(31)29(24)12-13-4-8-16(25)9-5-13)22-27-21-17(3-2-10-26-21)34(32,33)28-22/h2-5,8-10,14-15,19,30H,6-7,11-12H2,1H3,(H,26,27,28)/t14-,15+,19-,24-/m0/s1. The lowest BCUT2D eigenvalue weighted by atomic mass is 9.68. The summed E-state index contributed by atoms with van der Waals surface area (Å²) in [4.78, 5) is 19.7. The lowest BCUT2D eigenvalue weighted by Gasteiger charge is -2.52. The monoisotopic (exact) mass is 482 g/mol. The highest BCUT2D eigenvalue weighted by Gasteiger charge is 2.64. The summed E-state index contributed by atoms with van der Waals surface area (Å²) in [5.41, 5.74) is -0.0277. The maximum atomic E-state index is 14.0. The van der Waals surface area contributed by atoms with E-state index in [0.717, 1.165) is 24.8 Å². The van der Waals surface area contributed by atoms with Gasteiger partial charge in [-0.3, -0.25) is 4.79 Å². The van der Waals surface area contributed by atoms with Gasteiger partial charge in [-0.1, -0.05) is 12.1 Å². The molecule has 2 fully saturated rings. The molecule has 0 saturated heterocycles. The molecule has 2 aromatic rings. The number of amidine groups is 1. The van der Waals surface area contributed by atoms with Crippen LogP contribution in [-0.2, 0) is 21.4 Å². The van der Waals surface area contributed by atoms with E-state index >= 15 is 0 Å². The number of nitrogens with one attached hydrogen (secondary N) is 1. The fourth-order valence-electron chi connectivity index (χ4n) is 6.43. The van der Waals surface area contributed by atoms with E-state index in [0.29, 0.717) is 0 Å². The minimum absolute atomic E-state index is 0.0620. The van der Waals surface area contributed by atoms with Crippen molar-refractivity contribution in [3.8, 4) is 0 Å². The number of rotatable bonds is 3. The molecule has 2 aliphatic heterocycles. The minimum atomic E-state index is -4.11. The molecule has 3 heterocycles. The summed E-state index contributed by atoms with van der Waals surface area (Å²) in [6.45, 7) is 2.21. The number of fused-ring (bicyclic) bond motifs is 6. The molecule has 6 rings (SSSR count). The van der Waals surface area contributed by atoms with E-state index in [2.05, 4.69) is 14.7 Å². The van der Waals surface area contributed by atoms with E-state index < -0.39 is 21.5 Å². The number of carbonyl (C=O) groups excluding carboxylic acids is 1. The maximum absolute atomic E-state index is 14.0. The number of aliphatic hydroxyl groups is 1. The highest BCUT2D eigenvalue weighted by Crippen LogP contribution is 2.61. The van der Waals surface area contributed by atoms with Gasteiger partial charge in [0.25, 0.3) is 15.9 Å². The van der Waals surface area contributed by atoms with Crippen LogP contribution in [0.3, 0.4) is 0 Å². The van der Waals surface area contributed by atoms with Crippen molar-refractivity contribution in [1.29, 1.82) is 0 Å². The number of aliphatic hydroxyl groups excluding tert-OH is 1. The summed E-state index contributed by atoms with van der Waals surface area (Å²) in [6, 6.07) is 8.84. The Bertz CT molecular complexity index is 1390. The molecule has 2 bridgehead atoms. The van der Waals surface area contributed by atoms with Crippen LogP contribution in [0, 0.1) is 23.6 Å². The van der Waals surface area contributed by atoms with Crippen LogP contribution >= 0.6 is 0 Å². The van der Waals surface area contributed by atoms with Crippen molar-refractivity contribution < 1.29 is 22.7 Å². The Morgan fingerprint density at radius 1 is 1.24 bits per heavy atom. The van der Waals surface area contributed by atoms with Crippen molar-refractivity contribution in [3.05, 3.63) is 65.3 Å². The second-order valence-corrected chi connectivity index (χ2v) is 11.2. The van der Waals surface area contributed by atoms with Gasteiger partial charge in [0.1, 0.15) is 22.0 Å². The molecule has 0 radical (unpaired) electrons. The van der Waals surface area contributed by atoms with E-state index in [-0.39, 0.29) is 58.0 Å². The van der Waals surface area contributed by atoms with Crippen molar-refractivity contribution in [2.45, 2.75) is 43.2 Å². The van der Waals surface area contributed by atoms with Gasteiger partial charge < -0.3 is 15.3 Å². The van der Waals surface area contributed by atoms with Gasteiger partial charge >= 0.3 is 0 Å². The number of sulfonamides is 1. The second-order valence-electron chi connectivity index (χ2n) is 9.64. The number of halogens is 1. The van der Waals surface area contributed by atoms with Crippen LogP contribution in [0.15, 0.2) is 63.2 Å². The molecule has 10 heteroatoms. The summed E-state index contributed by atoms with van der Waals surface area (Å²) in [7, 11) is -4.11. The Balaban J connectivity index is 1.49. The molecule has 2 aliphatic carbocycles. The van der Waals surface area contributed by atoms with Gasteiger partial charge in [0.05, 0.1) is 5.54 Å². The van der Waals surface area contributed by atoms with E-state index in [1.807, 2.05) is 6.92 Å². The number of nitrogens with zero attached hydrogens (tertiary/aromatic N) is 3. The Hall–Kier alpha value is -3.27. The molecule has 0 unspecified atom stereocenters. The highest BCUT2D eigenvalue weighted by molar-refractivity contribution is 7.90. The smallest absolute Gasteiger partial charge is 0.287 e. The first kappa shape index (κ1) is 21.3. The highest BCUT2D eigenvalue weighted by atomic mass is 32.2. The molecule has 1 amide bonds. The number of anilines is 1. The molecule has 0 spiro atoms. The summed E-state index contributed by atoms with van der Waals surface area (Å²) in [5.74, 6) is -1.09. The van der Waals surface area contributed by atoms with E-state index in [9.17, 15) is 22.7 Å². The number of amides is 1.